The molecule has 1 saturated carbocycles. The molecule has 0 radical (unpaired) electrons. The summed E-state index contributed by atoms with van der Waals surface area (Å²) in [6.07, 6.45) is 4.33. The lowest BCUT2D eigenvalue weighted by Gasteiger charge is -2.42. The summed E-state index contributed by atoms with van der Waals surface area (Å²) in [5.41, 5.74) is 2.84. The number of hydrogen-bond donors (Lipinski definition) is 1. The number of ether oxygens (including phenoxy) is 1. The number of carbonyl (C=O) groups excluding carboxylic acids is 2. The number of rotatable bonds is 7. The average Bonchev–Trinajstić information content (AvgIpc) is 3.65. The lowest BCUT2D eigenvalue weighted by Crippen LogP contribution is -2.54. The van der Waals surface area contributed by atoms with Crippen molar-refractivity contribution in [2.24, 2.45) is 11.3 Å². The van der Waals surface area contributed by atoms with Crippen LogP contribution in [-0.4, -0.2) is 43.5 Å². The quantitative estimate of drug-likeness (QED) is 0.735. The van der Waals surface area contributed by atoms with Crippen molar-refractivity contribution in [1.29, 1.82) is 0 Å². The van der Waals surface area contributed by atoms with Crippen molar-refractivity contribution in [1.82, 2.24) is 10.2 Å². The van der Waals surface area contributed by atoms with Gasteiger partial charge in [0.2, 0.25) is 11.8 Å². The van der Waals surface area contributed by atoms with Crippen molar-refractivity contribution in [3.8, 4) is 16.9 Å². The highest BCUT2D eigenvalue weighted by molar-refractivity contribution is 5.86. The molecule has 2 aromatic carbocycles. The predicted octanol–water partition coefficient (Wildman–Crippen LogP) is 4.06. The third-order valence-corrected chi connectivity index (χ3v) is 6.55. The molecule has 2 amide bonds. The number of benzene rings is 2. The van der Waals surface area contributed by atoms with Crippen molar-refractivity contribution in [2.45, 2.75) is 39.0 Å². The van der Waals surface area contributed by atoms with Crippen LogP contribution < -0.4 is 10.1 Å². The fourth-order valence-corrected chi connectivity index (χ4v) is 4.66. The molecule has 31 heavy (non-hydrogen) atoms. The van der Waals surface area contributed by atoms with Gasteiger partial charge in [0.1, 0.15) is 5.75 Å². The minimum Gasteiger partial charge on any atom is -0.497 e. The molecule has 0 aromatic heterocycles. The molecule has 1 N–H and O–H groups in total. The van der Waals surface area contributed by atoms with E-state index in [4.69, 9.17) is 4.74 Å². The summed E-state index contributed by atoms with van der Waals surface area (Å²) >= 11 is 0. The second kappa shape index (κ2) is 9.13. The summed E-state index contributed by atoms with van der Waals surface area (Å²) in [6, 6.07) is 16.5. The van der Waals surface area contributed by atoms with E-state index in [0.29, 0.717) is 19.5 Å². The van der Waals surface area contributed by atoms with Crippen LogP contribution >= 0.6 is 0 Å². The Kier molecular flexibility index (Phi) is 6.30. The Labute approximate surface area is 184 Å². The summed E-state index contributed by atoms with van der Waals surface area (Å²) in [6.45, 7) is 3.85. The Morgan fingerprint density at radius 1 is 1.06 bits per heavy atom. The van der Waals surface area contributed by atoms with Gasteiger partial charge >= 0.3 is 0 Å². The molecule has 2 fully saturated rings. The highest BCUT2D eigenvalue weighted by atomic mass is 16.5. The van der Waals surface area contributed by atoms with Gasteiger partial charge in [-0.3, -0.25) is 9.59 Å². The molecule has 0 spiro atoms. The monoisotopic (exact) mass is 420 g/mol. The maximum Gasteiger partial charge on any atom is 0.228 e. The zero-order valence-electron chi connectivity index (χ0n) is 18.5. The number of nitrogens with one attached hydrogen (secondary N) is 1. The lowest BCUT2D eigenvalue weighted by molar-refractivity contribution is -0.142. The molecule has 1 heterocycles. The number of likely N-dealkylation sites (tertiary alicyclic amines) is 1. The molecule has 1 atom stereocenters. The van der Waals surface area contributed by atoms with Crippen molar-refractivity contribution < 1.29 is 14.3 Å². The smallest absolute Gasteiger partial charge is 0.228 e. The third-order valence-electron chi connectivity index (χ3n) is 6.55. The van der Waals surface area contributed by atoms with Crippen LogP contribution in [0.25, 0.3) is 11.1 Å². The summed E-state index contributed by atoms with van der Waals surface area (Å²) in [4.78, 5) is 27.8. The van der Waals surface area contributed by atoms with Crippen LogP contribution in [0.5, 0.6) is 5.75 Å². The Balaban J connectivity index is 1.53. The Morgan fingerprint density at radius 2 is 1.71 bits per heavy atom. The van der Waals surface area contributed by atoms with E-state index in [1.807, 2.05) is 36.1 Å². The summed E-state index contributed by atoms with van der Waals surface area (Å²) < 4.78 is 5.24. The number of methoxy groups -OCH3 is 1. The topological polar surface area (TPSA) is 58.6 Å². The zero-order valence-corrected chi connectivity index (χ0v) is 18.5. The molecule has 0 bridgehead atoms. The number of nitrogens with zero attached hydrogens (tertiary/aromatic N) is 1. The molecule has 5 nitrogen and oxygen atoms in total. The van der Waals surface area contributed by atoms with Gasteiger partial charge in [0.05, 0.1) is 12.5 Å². The highest BCUT2D eigenvalue weighted by Gasteiger charge is 2.45. The van der Waals surface area contributed by atoms with Crippen molar-refractivity contribution in [3.05, 3.63) is 54.1 Å². The summed E-state index contributed by atoms with van der Waals surface area (Å²) in [7, 11) is 1.67. The molecule has 1 aliphatic carbocycles. The van der Waals surface area contributed by atoms with Gasteiger partial charge in [-0.05, 0) is 67.9 Å². The fourth-order valence-electron chi connectivity index (χ4n) is 4.66. The Bertz CT molecular complexity index is 919. The Hall–Kier alpha value is -2.82. The molecular weight excluding hydrogens is 388 g/mol. The first-order valence-corrected chi connectivity index (χ1v) is 11.3. The molecule has 4 rings (SSSR count). The van der Waals surface area contributed by atoms with E-state index in [-0.39, 0.29) is 17.7 Å². The van der Waals surface area contributed by atoms with E-state index in [0.717, 1.165) is 54.7 Å². The van der Waals surface area contributed by atoms with Gasteiger partial charge in [0.15, 0.2) is 0 Å². The summed E-state index contributed by atoms with van der Waals surface area (Å²) in [5, 5.41) is 3.04. The SMILES string of the molecule is CCNC(=O)[C@@]1(Cc2ccc(-c3ccc(OC)cc3)cc2)CCCN(C(=O)C2CC2)C1. The third kappa shape index (κ3) is 4.76. The van der Waals surface area contributed by atoms with Gasteiger partial charge in [0.25, 0.3) is 0 Å². The first-order chi connectivity index (χ1) is 15.0. The lowest BCUT2D eigenvalue weighted by atomic mass is 9.74. The largest absolute Gasteiger partial charge is 0.497 e. The van der Waals surface area contributed by atoms with E-state index >= 15 is 0 Å². The maximum absolute atomic E-state index is 13.2. The minimum absolute atomic E-state index is 0.0718. The number of hydrogen-bond acceptors (Lipinski definition) is 3. The van der Waals surface area contributed by atoms with E-state index in [2.05, 4.69) is 29.6 Å². The molecular formula is C26H32N2O3. The van der Waals surface area contributed by atoms with Crippen molar-refractivity contribution in [2.75, 3.05) is 26.7 Å². The van der Waals surface area contributed by atoms with E-state index in [9.17, 15) is 9.59 Å². The Morgan fingerprint density at radius 3 is 2.29 bits per heavy atom. The molecule has 1 saturated heterocycles. The fraction of sp³-hybridized carbons (Fsp3) is 0.462. The second-order valence-corrected chi connectivity index (χ2v) is 8.88. The van der Waals surface area contributed by atoms with Crippen LogP contribution in [0.3, 0.4) is 0 Å². The standard InChI is InChI=1S/C26H32N2O3/c1-3-27-25(30)26(15-4-16-28(18-26)24(29)22-9-10-22)17-19-5-7-20(8-6-19)21-11-13-23(31-2)14-12-21/h5-8,11-14,22H,3-4,9-10,15-18H2,1-2H3,(H,27,30)/t26-/m1/s1. The number of amides is 2. The van der Waals surface area contributed by atoms with Crippen molar-refractivity contribution >= 4 is 11.8 Å². The van der Waals surface area contributed by atoms with E-state index < -0.39 is 5.41 Å². The van der Waals surface area contributed by atoms with Crippen LogP contribution in [-0.2, 0) is 16.0 Å². The van der Waals surface area contributed by atoms with Gasteiger partial charge in [-0.1, -0.05) is 36.4 Å². The van der Waals surface area contributed by atoms with Gasteiger partial charge in [-0.15, -0.1) is 0 Å². The predicted molar refractivity (Wildman–Crippen MR) is 122 cm³/mol. The first-order valence-electron chi connectivity index (χ1n) is 11.3. The normalized spacial score (nSPS) is 20.9. The molecule has 1 aliphatic heterocycles. The van der Waals surface area contributed by atoms with E-state index in [1.54, 1.807) is 7.11 Å². The molecule has 2 aliphatic rings. The minimum atomic E-state index is -0.555. The van der Waals surface area contributed by atoms with Gasteiger partial charge in [-0.25, -0.2) is 0 Å². The molecule has 5 heteroatoms. The van der Waals surface area contributed by atoms with Crippen LogP contribution in [0.2, 0.25) is 0 Å². The van der Waals surface area contributed by atoms with Crippen LogP contribution in [0, 0.1) is 11.3 Å². The van der Waals surface area contributed by atoms with Gasteiger partial charge in [0, 0.05) is 25.6 Å². The number of piperidine rings is 1. The van der Waals surface area contributed by atoms with E-state index in [1.165, 1.54) is 0 Å². The van der Waals surface area contributed by atoms with Crippen LogP contribution in [0.4, 0.5) is 0 Å². The maximum atomic E-state index is 13.2. The second-order valence-electron chi connectivity index (χ2n) is 8.88. The molecule has 0 unspecified atom stereocenters. The molecule has 2 aromatic rings. The van der Waals surface area contributed by atoms with Crippen molar-refractivity contribution in [3.63, 3.8) is 0 Å². The van der Waals surface area contributed by atoms with Crippen LogP contribution in [0.1, 0.15) is 38.2 Å². The van der Waals surface area contributed by atoms with Gasteiger partial charge in [-0.2, -0.15) is 0 Å². The number of carbonyl (C=O) groups is 2. The first kappa shape index (κ1) is 21.4. The highest BCUT2D eigenvalue weighted by Crippen LogP contribution is 2.38. The molecule has 164 valence electrons. The zero-order chi connectivity index (χ0) is 21.8. The van der Waals surface area contributed by atoms with Gasteiger partial charge < -0.3 is 15.0 Å². The summed E-state index contributed by atoms with van der Waals surface area (Å²) in [5.74, 6) is 1.34. The van der Waals surface area contributed by atoms with Crippen LogP contribution in [0.15, 0.2) is 48.5 Å². The average molecular weight is 421 g/mol.